The first kappa shape index (κ1) is 13.6. The van der Waals surface area contributed by atoms with Crippen LogP contribution in [0.3, 0.4) is 0 Å². The minimum absolute atomic E-state index is 0.198. The number of aryl methyl sites for hydroxylation is 2. The molecule has 19 heavy (non-hydrogen) atoms. The van der Waals surface area contributed by atoms with Crippen LogP contribution in [0.25, 0.3) is 0 Å². The number of ether oxygens (including phenoxy) is 1. The lowest BCUT2D eigenvalue weighted by Crippen LogP contribution is -2.01. The predicted molar refractivity (Wildman–Crippen MR) is 74.5 cm³/mol. The van der Waals surface area contributed by atoms with Crippen LogP contribution in [0, 0.1) is 19.7 Å². The molecular weight excluding hydrogens is 241 g/mol. The van der Waals surface area contributed by atoms with Gasteiger partial charge in [0.2, 0.25) is 0 Å². The van der Waals surface area contributed by atoms with Crippen molar-refractivity contribution in [1.82, 2.24) is 0 Å². The third-order valence-corrected chi connectivity index (χ3v) is 2.93. The van der Waals surface area contributed by atoms with Crippen LogP contribution in [0.2, 0.25) is 0 Å². The zero-order chi connectivity index (χ0) is 13.8. The van der Waals surface area contributed by atoms with Crippen molar-refractivity contribution in [2.24, 2.45) is 5.73 Å². The molecular formula is C16H18FNO. The van der Waals surface area contributed by atoms with E-state index in [9.17, 15) is 4.39 Å². The van der Waals surface area contributed by atoms with E-state index < -0.39 is 0 Å². The Morgan fingerprint density at radius 2 is 1.74 bits per heavy atom. The zero-order valence-corrected chi connectivity index (χ0v) is 11.2. The number of hydrogen-bond acceptors (Lipinski definition) is 2. The van der Waals surface area contributed by atoms with E-state index in [2.05, 4.69) is 18.2 Å². The molecule has 0 aliphatic carbocycles. The van der Waals surface area contributed by atoms with Crippen LogP contribution in [0.15, 0.2) is 36.4 Å². The molecule has 2 aromatic rings. The quantitative estimate of drug-likeness (QED) is 0.912. The molecule has 0 aliphatic heterocycles. The Kier molecular flexibility index (Phi) is 4.17. The lowest BCUT2D eigenvalue weighted by atomic mass is 10.1. The Balaban J connectivity index is 2.08. The second-order valence-electron chi connectivity index (χ2n) is 4.74. The summed E-state index contributed by atoms with van der Waals surface area (Å²) in [4.78, 5) is 0. The second kappa shape index (κ2) is 5.85. The van der Waals surface area contributed by atoms with Crippen LogP contribution in [0.5, 0.6) is 5.75 Å². The molecule has 2 aromatic carbocycles. The summed E-state index contributed by atoms with van der Waals surface area (Å²) < 4.78 is 19.1. The van der Waals surface area contributed by atoms with Crippen molar-refractivity contribution in [3.63, 3.8) is 0 Å². The Bertz CT molecular complexity index is 561. The number of halogens is 1. The highest BCUT2D eigenvalue weighted by Crippen LogP contribution is 2.18. The van der Waals surface area contributed by atoms with Gasteiger partial charge in [0.1, 0.15) is 18.2 Å². The van der Waals surface area contributed by atoms with E-state index in [0.29, 0.717) is 17.9 Å². The molecule has 0 fully saturated rings. The van der Waals surface area contributed by atoms with Gasteiger partial charge >= 0.3 is 0 Å². The third-order valence-electron chi connectivity index (χ3n) is 2.93. The highest BCUT2D eigenvalue weighted by atomic mass is 19.1. The molecule has 0 radical (unpaired) electrons. The minimum atomic E-state index is -0.319. The van der Waals surface area contributed by atoms with E-state index in [1.165, 1.54) is 17.2 Å². The highest BCUT2D eigenvalue weighted by molar-refractivity contribution is 5.31. The van der Waals surface area contributed by atoms with Gasteiger partial charge in [0.15, 0.2) is 0 Å². The molecule has 2 nitrogen and oxygen atoms in total. The van der Waals surface area contributed by atoms with Crippen molar-refractivity contribution < 1.29 is 9.13 Å². The van der Waals surface area contributed by atoms with Crippen molar-refractivity contribution in [3.8, 4) is 5.75 Å². The molecule has 2 rings (SSSR count). The van der Waals surface area contributed by atoms with Gasteiger partial charge in [-0.2, -0.15) is 0 Å². The Morgan fingerprint density at radius 1 is 1.05 bits per heavy atom. The molecule has 0 heterocycles. The third kappa shape index (κ3) is 3.55. The first-order chi connectivity index (χ1) is 9.08. The van der Waals surface area contributed by atoms with Crippen molar-refractivity contribution in [3.05, 3.63) is 64.5 Å². The molecule has 100 valence electrons. The Hall–Kier alpha value is -1.87. The van der Waals surface area contributed by atoms with Gasteiger partial charge in [-0.1, -0.05) is 35.4 Å². The topological polar surface area (TPSA) is 35.2 Å². The fourth-order valence-electron chi connectivity index (χ4n) is 2.10. The van der Waals surface area contributed by atoms with E-state index in [4.69, 9.17) is 10.5 Å². The van der Waals surface area contributed by atoms with E-state index in [1.807, 2.05) is 13.8 Å². The molecule has 0 spiro atoms. The van der Waals surface area contributed by atoms with Gasteiger partial charge < -0.3 is 10.5 Å². The molecule has 0 unspecified atom stereocenters. The average molecular weight is 259 g/mol. The van der Waals surface area contributed by atoms with Gasteiger partial charge in [-0.25, -0.2) is 4.39 Å². The van der Waals surface area contributed by atoms with Crippen molar-refractivity contribution in [2.75, 3.05) is 0 Å². The largest absolute Gasteiger partial charge is 0.489 e. The standard InChI is InChI=1S/C16H18FNO/c1-11-5-12(2)7-13(6-11)10-19-15-4-3-14(9-18)16(17)8-15/h3-8H,9-10,18H2,1-2H3. The molecule has 0 aromatic heterocycles. The highest BCUT2D eigenvalue weighted by Gasteiger charge is 2.03. The fraction of sp³-hybridized carbons (Fsp3) is 0.250. The number of benzene rings is 2. The maximum absolute atomic E-state index is 13.5. The molecule has 0 bridgehead atoms. The van der Waals surface area contributed by atoms with Crippen LogP contribution in [-0.4, -0.2) is 0 Å². The summed E-state index contributed by atoms with van der Waals surface area (Å²) >= 11 is 0. The summed E-state index contributed by atoms with van der Waals surface area (Å²) in [6.07, 6.45) is 0. The summed E-state index contributed by atoms with van der Waals surface area (Å²) in [5, 5.41) is 0. The summed E-state index contributed by atoms with van der Waals surface area (Å²) in [5.41, 5.74) is 9.40. The van der Waals surface area contributed by atoms with Gasteiger partial charge in [-0.3, -0.25) is 0 Å². The second-order valence-corrected chi connectivity index (χ2v) is 4.74. The first-order valence-electron chi connectivity index (χ1n) is 6.27. The predicted octanol–water partition coefficient (Wildman–Crippen LogP) is 3.48. The molecule has 2 N–H and O–H groups in total. The van der Waals surface area contributed by atoms with Crippen LogP contribution in [0.4, 0.5) is 4.39 Å². The van der Waals surface area contributed by atoms with Crippen LogP contribution in [-0.2, 0) is 13.2 Å². The summed E-state index contributed by atoms with van der Waals surface area (Å²) in [7, 11) is 0. The van der Waals surface area contributed by atoms with Gasteiger partial charge in [0, 0.05) is 18.2 Å². The lowest BCUT2D eigenvalue weighted by Gasteiger charge is -2.09. The van der Waals surface area contributed by atoms with Gasteiger partial charge in [0.25, 0.3) is 0 Å². The number of hydrogen-bond donors (Lipinski definition) is 1. The summed E-state index contributed by atoms with van der Waals surface area (Å²) in [5.74, 6) is 0.203. The molecule has 0 saturated heterocycles. The van der Waals surface area contributed by atoms with Gasteiger partial charge in [-0.05, 0) is 25.5 Å². The molecule has 0 atom stereocenters. The Labute approximate surface area is 113 Å². The van der Waals surface area contributed by atoms with Crippen LogP contribution >= 0.6 is 0 Å². The first-order valence-corrected chi connectivity index (χ1v) is 6.27. The normalized spacial score (nSPS) is 10.5. The smallest absolute Gasteiger partial charge is 0.131 e. The van der Waals surface area contributed by atoms with Gasteiger partial charge in [-0.15, -0.1) is 0 Å². The van der Waals surface area contributed by atoms with Crippen molar-refractivity contribution >= 4 is 0 Å². The average Bonchev–Trinajstić information content (AvgIpc) is 2.35. The van der Waals surface area contributed by atoms with Crippen molar-refractivity contribution in [1.29, 1.82) is 0 Å². The summed E-state index contributed by atoms with van der Waals surface area (Å²) in [6.45, 7) is 4.73. The Morgan fingerprint density at radius 3 is 2.32 bits per heavy atom. The molecule has 3 heteroatoms. The molecule has 0 amide bonds. The van der Waals surface area contributed by atoms with E-state index >= 15 is 0 Å². The van der Waals surface area contributed by atoms with E-state index in [0.717, 1.165) is 5.56 Å². The lowest BCUT2D eigenvalue weighted by molar-refractivity contribution is 0.304. The van der Waals surface area contributed by atoms with Crippen LogP contribution < -0.4 is 10.5 Å². The maximum atomic E-state index is 13.5. The monoisotopic (exact) mass is 259 g/mol. The molecule has 0 aliphatic rings. The minimum Gasteiger partial charge on any atom is -0.489 e. The number of nitrogens with two attached hydrogens (primary N) is 1. The zero-order valence-electron chi connectivity index (χ0n) is 11.2. The SMILES string of the molecule is Cc1cc(C)cc(COc2ccc(CN)c(F)c2)c1. The summed E-state index contributed by atoms with van der Waals surface area (Å²) in [6, 6.07) is 11.0. The van der Waals surface area contributed by atoms with Crippen LogP contribution in [0.1, 0.15) is 22.3 Å². The maximum Gasteiger partial charge on any atom is 0.131 e. The number of rotatable bonds is 4. The molecule has 0 saturated carbocycles. The van der Waals surface area contributed by atoms with E-state index in [-0.39, 0.29) is 12.4 Å². The van der Waals surface area contributed by atoms with Crippen molar-refractivity contribution in [2.45, 2.75) is 27.0 Å². The fourth-order valence-corrected chi connectivity index (χ4v) is 2.10. The van der Waals surface area contributed by atoms with Gasteiger partial charge in [0.05, 0.1) is 0 Å². The van der Waals surface area contributed by atoms with E-state index in [1.54, 1.807) is 12.1 Å².